The van der Waals surface area contributed by atoms with Gasteiger partial charge in [-0.15, -0.1) is 0 Å². The Morgan fingerprint density at radius 1 is 1.22 bits per heavy atom. The number of rotatable bonds is 7. The molecule has 3 aromatic rings. The summed E-state index contributed by atoms with van der Waals surface area (Å²) in [5.41, 5.74) is 9.19. The van der Waals surface area contributed by atoms with Crippen LogP contribution in [0.4, 0.5) is 26.2 Å². The lowest BCUT2D eigenvalue weighted by Crippen LogP contribution is -2.53. The van der Waals surface area contributed by atoms with E-state index in [4.69, 9.17) is 10.8 Å². The van der Waals surface area contributed by atoms with E-state index in [-0.39, 0.29) is 18.6 Å². The topological polar surface area (TPSA) is 108 Å². The summed E-state index contributed by atoms with van der Waals surface area (Å²) in [6.45, 7) is 4.65. The van der Waals surface area contributed by atoms with E-state index >= 15 is 0 Å². The van der Waals surface area contributed by atoms with E-state index in [2.05, 4.69) is 42.5 Å². The molecule has 2 aliphatic heterocycles. The Morgan fingerprint density at radius 2 is 2.08 bits per heavy atom. The molecule has 1 saturated heterocycles. The van der Waals surface area contributed by atoms with Crippen molar-refractivity contribution < 1.29 is 13.9 Å². The molecule has 0 saturated carbocycles. The number of nitrogens with zero attached hydrogens (tertiary/aromatic N) is 6. The molecule has 0 aliphatic carbocycles. The lowest BCUT2D eigenvalue weighted by molar-refractivity contribution is 0.281. The van der Waals surface area contributed by atoms with Crippen molar-refractivity contribution in [2.24, 2.45) is 0 Å². The van der Waals surface area contributed by atoms with Gasteiger partial charge in [0.15, 0.2) is 5.82 Å². The fourth-order valence-electron chi connectivity index (χ4n) is 5.02. The fourth-order valence-corrected chi connectivity index (χ4v) is 5.02. The molecule has 0 bridgehead atoms. The smallest absolute Gasteiger partial charge is 0.224 e. The van der Waals surface area contributed by atoms with Gasteiger partial charge in [0.25, 0.3) is 0 Å². The van der Waals surface area contributed by atoms with E-state index in [9.17, 15) is 8.78 Å². The van der Waals surface area contributed by atoms with Gasteiger partial charge in [0.1, 0.15) is 17.5 Å². The average Bonchev–Trinajstić information content (AvgIpc) is 3.22. The Labute approximate surface area is 208 Å². The predicted octanol–water partition coefficient (Wildman–Crippen LogP) is 2.43. The second-order valence-corrected chi connectivity index (χ2v) is 9.14. The van der Waals surface area contributed by atoms with Crippen LogP contribution in [0.15, 0.2) is 36.7 Å². The van der Waals surface area contributed by atoms with E-state index in [1.807, 2.05) is 13.1 Å². The van der Waals surface area contributed by atoms with Gasteiger partial charge >= 0.3 is 0 Å². The minimum atomic E-state index is -0.521. The van der Waals surface area contributed by atoms with E-state index in [0.717, 1.165) is 43.4 Å². The molecule has 190 valence electrons. The number of aromatic nitrogens is 4. The molecule has 5 rings (SSSR count). The van der Waals surface area contributed by atoms with Gasteiger partial charge in [-0.1, -0.05) is 6.08 Å². The van der Waals surface area contributed by atoms with Crippen LogP contribution in [0.3, 0.4) is 0 Å². The third kappa shape index (κ3) is 4.83. The quantitative estimate of drug-likeness (QED) is 0.458. The van der Waals surface area contributed by atoms with Crippen LogP contribution in [-0.4, -0.2) is 68.6 Å². The summed E-state index contributed by atoms with van der Waals surface area (Å²) in [6, 6.07) is 4.42. The highest BCUT2D eigenvalue weighted by Crippen LogP contribution is 2.35. The van der Waals surface area contributed by atoms with Crippen molar-refractivity contribution >= 4 is 17.5 Å². The number of nitrogen functional groups attached to an aromatic ring is 1. The number of nitrogens with two attached hydrogens (primary N) is 1. The van der Waals surface area contributed by atoms with E-state index < -0.39 is 11.6 Å². The third-order valence-corrected chi connectivity index (χ3v) is 6.82. The third-order valence-electron chi connectivity index (χ3n) is 6.82. The molecule has 0 amide bonds. The Hall–Kier alpha value is -3.73. The van der Waals surface area contributed by atoms with Crippen LogP contribution in [0.25, 0.3) is 5.82 Å². The lowest BCUT2D eigenvalue weighted by atomic mass is 9.93. The van der Waals surface area contributed by atoms with Crippen molar-refractivity contribution in [1.82, 2.24) is 24.6 Å². The zero-order valence-corrected chi connectivity index (χ0v) is 20.2. The van der Waals surface area contributed by atoms with Crippen LogP contribution >= 0.6 is 0 Å². The summed E-state index contributed by atoms with van der Waals surface area (Å²) >= 11 is 0. The average molecular weight is 497 g/mol. The molecule has 1 unspecified atom stereocenters. The molecule has 11 heteroatoms. The van der Waals surface area contributed by atoms with Crippen LogP contribution in [-0.2, 0) is 12.8 Å². The van der Waals surface area contributed by atoms with Gasteiger partial charge in [-0.05, 0) is 44.0 Å². The summed E-state index contributed by atoms with van der Waals surface area (Å²) < 4.78 is 29.8. The molecule has 1 atom stereocenters. The van der Waals surface area contributed by atoms with Crippen LogP contribution in [0, 0.1) is 18.6 Å². The SMILES string of the molecule is Cc1c(CC=CN2CCN3c4cc(F)cc(F)c4CCC3C2)cnn1-c1cc(NCCO)nc(N)n1. The number of benzene rings is 1. The second-order valence-electron chi connectivity index (χ2n) is 9.14. The number of halogens is 2. The van der Waals surface area contributed by atoms with Crippen molar-refractivity contribution in [3.63, 3.8) is 0 Å². The predicted molar refractivity (Wildman–Crippen MR) is 134 cm³/mol. The Bertz CT molecular complexity index is 1280. The van der Waals surface area contributed by atoms with Gasteiger partial charge < -0.3 is 26.0 Å². The zero-order valence-electron chi connectivity index (χ0n) is 20.2. The molecule has 0 spiro atoms. The summed E-state index contributed by atoms with van der Waals surface area (Å²) in [4.78, 5) is 12.8. The molecule has 9 nitrogen and oxygen atoms in total. The molecular weight excluding hydrogens is 466 g/mol. The van der Waals surface area contributed by atoms with Crippen LogP contribution in [0.2, 0.25) is 0 Å². The number of fused-ring (bicyclic) bond motifs is 3. The van der Waals surface area contributed by atoms with Gasteiger partial charge in [0.05, 0.1) is 12.8 Å². The minimum absolute atomic E-state index is 0.0172. The number of hydrogen-bond donors (Lipinski definition) is 3. The minimum Gasteiger partial charge on any atom is -0.395 e. The van der Waals surface area contributed by atoms with E-state index in [0.29, 0.717) is 42.3 Å². The summed E-state index contributed by atoms with van der Waals surface area (Å²) in [6.07, 6.45) is 8.22. The first-order valence-electron chi connectivity index (χ1n) is 12.1. The standard InChI is InChI=1S/C25H30F2N8O/c1-16-17(14-30-35(16)24-13-23(29-6-10-36)31-25(28)32-24)3-2-7-33-8-9-34-19(15-33)4-5-20-21(27)11-18(26)12-22(20)34/h2,7,11-14,19,36H,3-6,8-10,15H2,1H3,(H3,28,29,31,32). The summed E-state index contributed by atoms with van der Waals surface area (Å²) in [5.74, 6) is 0.241. The number of aliphatic hydroxyl groups is 1. The van der Waals surface area contributed by atoms with Gasteiger partial charge in [-0.3, -0.25) is 0 Å². The van der Waals surface area contributed by atoms with Gasteiger partial charge in [0, 0.05) is 61.3 Å². The Balaban J connectivity index is 1.23. The van der Waals surface area contributed by atoms with Gasteiger partial charge in [-0.25, -0.2) is 13.5 Å². The first-order chi connectivity index (χ1) is 17.4. The molecule has 0 radical (unpaired) electrons. The molecule has 1 aromatic carbocycles. The Morgan fingerprint density at radius 3 is 2.92 bits per heavy atom. The zero-order chi connectivity index (χ0) is 25.2. The summed E-state index contributed by atoms with van der Waals surface area (Å²) in [7, 11) is 0. The number of hydrogen-bond acceptors (Lipinski definition) is 8. The molecule has 2 aliphatic rings. The van der Waals surface area contributed by atoms with Crippen molar-refractivity contribution in [3.05, 3.63) is 65.1 Å². The summed E-state index contributed by atoms with van der Waals surface area (Å²) in [5, 5.41) is 16.5. The highest BCUT2D eigenvalue weighted by Gasteiger charge is 2.32. The maximum Gasteiger partial charge on any atom is 0.224 e. The van der Waals surface area contributed by atoms with E-state index in [1.165, 1.54) is 6.07 Å². The Kier molecular flexibility index (Phi) is 6.73. The maximum atomic E-state index is 14.2. The molecular formula is C25H30F2N8O. The maximum absolute atomic E-state index is 14.2. The van der Waals surface area contributed by atoms with E-state index in [1.54, 1.807) is 10.7 Å². The largest absolute Gasteiger partial charge is 0.395 e. The molecule has 1 fully saturated rings. The number of piperazine rings is 1. The molecule has 4 heterocycles. The number of nitrogens with one attached hydrogen (secondary N) is 1. The normalized spacial score (nSPS) is 17.4. The van der Waals surface area contributed by atoms with Crippen LogP contribution in [0.1, 0.15) is 23.2 Å². The molecule has 36 heavy (non-hydrogen) atoms. The lowest BCUT2D eigenvalue weighted by Gasteiger charge is -2.46. The van der Waals surface area contributed by atoms with Gasteiger partial charge in [-0.2, -0.15) is 15.1 Å². The number of aliphatic hydroxyl groups excluding tert-OH is 1. The first-order valence-corrected chi connectivity index (χ1v) is 12.1. The van der Waals surface area contributed by atoms with Crippen LogP contribution in [0.5, 0.6) is 0 Å². The number of anilines is 3. The van der Waals surface area contributed by atoms with Crippen molar-refractivity contribution in [1.29, 1.82) is 0 Å². The van der Waals surface area contributed by atoms with Gasteiger partial charge in [0.2, 0.25) is 5.95 Å². The van der Waals surface area contributed by atoms with Crippen molar-refractivity contribution in [3.8, 4) is 5.82 Å². The molecule has 2 aromatic heterocycles. The molecule has 4 N–H and O–H groups in total. The first kappa shape index (κ1) is 24.0. The monoisotopic (exact) mass is 496 g/mol. The van der Waals surface area contributed by atoms with Crippen molar-refractivity contribution in [2.45, 2.75) is 32.2 Å². The second kappa shape index (κ2) is 10.1. The highest BCUT2D eigenvalue weighted by atomic mass is 19.1. The van der Waals surface area contributed by atoms with Crippen molar-refractivity contribution in [2.75, 3.05) is 48.7 Å². The highest BCUT2D eigenvalue weighted by molar-refractivity contribution is 5.58. The number of allylic oxidation sites excluding steroid dienone is 1. The van der Waals surface area contributed by atoms with Crippen LogP contribution < -0.4 is 16.0 Å². The fraction of sp³-hybridized carbons (Fsp3) is 0.400.